The highest BCUT2D eigenvalue weighted by Gasteiger charge is 2.51. The van der Waals surface area contributed by atoms with Crippen molar-refractivity contribution in [1.29, 1.82) is 0 Å². The van der Waals surface area contributed by atoms with Crippen LogP contribution < -0.4 is 0 Å². The number of para-hydroxylation sites is 1. The maximum atomic E-state index is 3.77. The van der Waals surface area contributed by atoms with Crippen LogP contribution in [0.5, 0.6) is 0 Å². The van der Waals surface area contributed by atoms with Gasteiger partial charge in [-0.3, -0.25) is 0 Å². The standard InChI is InChI=1S/C49H30BrN/c50-46-22-9-4-14-35(46)33-13-11-12-31(28-33)32-24-26-40-39-18-5-10-23-47(39)51(48(40)29-32)34-25-27-45-41(30-34)38-17-3-8-21-44(38)49(45)42-19-6-1-15-36(42)37-16-2-7-20-43(37)49/h1-30H. The summed E-state index contributed by atoms with van der Waals surface area (Å²) in [6, 6.07) is 67.4. The molecule has 0 radical (unpaired) electrons. The minimum absolute atomic E-state index is 0.343. The summed E-state index contributed by atoms with van der Waals surface area (Å²) in [7, 11) is 0. The van der Waals surface area contributed by atoms with Crippen molar-refractivity contribution in [1.82, 2.24) is 4.57 Å². The molecule has 0 saturated carbocycles. The van der Waals surface area contributed by atoms with Crippen LogP contribution in [0.25, 0.3) is 72.0 Å². The number of nitrogens with zero attached hydrogens (tertiary/aromatic N) is 1. The first-order valence-electron chi connectivity index (χ1n) is 17.5. The second kappa shape index (κ2) is 10.8. The molecule has 0 saturated heterocycles. The highest BCUT2D eigenvalue weighted by molar-refractivity contribution is 9.10. The lowest BCUT2D eigenvalue weighted by molar-refractivity contribution is 0.793. The van der Waals surface area contributed by atoms with Crippen molar-refractivity contribution in [2.45, 2.75) is 5.41 Å². The summed E-state index contributed by atoms with van der Waals surface area (Å²) in [6.07, 6.45) is 0. The van der Waals surface area contributed by atoms with Gasteiger partial charge in [0, 0.05) is 20.9 Å². The number of rotatable bonds is 3. The van der Waals surface area contributed by atoms with Crippen LogP contribution in [0, 0.1) is 0 Å². The van der Waals surface area contributed by atoms with Gasteiger partial charge in [0.1, 0.15) is 0 Å². The Kier molecular flexibility index (Phi) is 6.09. The van der Waals surface area contributed by atoms with Crippen LogP contribution in [-0.2, 0) is 5.41 Å². The van der Waals surface area contributed by atoms with Crippen molar-refractivity contribution < 1.29 is 0 Å². The molecule has 51 heavy (non-hydrogen) atoms. The first-order valence-corrected chi connectivity index (χ1v) is 18.3. The molecule has 11 rings (SSSR count). The third kappa shape index (κ3) is 3.91. The van der Waals surface area contributed by atoms with Crippen LogP contribution in [0.2, 0.25) is 0 Å². The van der Waals surface area contributed by atoms with Crippen molar-refractivity contribution >= 4 is 37.7 Å². The highest BCUT2D eigenvalue weighted by atomic mass is 79.9. The average Bonchev–Trinajstić information content (AvgIpc) is 3.79. The zero-order valence-electron chi connectivity index (χ0n) is 27.6. The summed E-state index contributed by atoms with van der Waals surface area (Å²) >= 11 is 3.77. The lowest BCUT2D eigenvalue weighted by Gasteiger charge is -2.30. The molecule has 9 aromatic rings. The Labute approximate surface area is 305 Å². The maximum absolute atomic E-state index is 3.77. The van der Waals surface area contributed by atoms with Crippen LogP contribution in [0.1, 0.15) is 22.3 Å². The van der Waals surface area contributed by atoms with E-state index in [1.165, 1.54) is 94.3 Å². The topological polar surface area (TPSA) is 4.93 Å². The quantitative estimate of drug-likeness (QED) is 0.172. The monoisotopic (exact) mass is 711 g/mol. The van der Waals surface area contributed by atoms with Gasteiger partial charge in [-0.1, -0.05) is 162 Å². The maximum Gasteiger partial charge on any atom is 0.0725 e. The minimum atomic E-state index is -0.343. The Hall–Kier alpha value is -5.96. The molecule has 2 aliphatic carbocycles. The summed E-state index contributed by atoms with van der Waals surface area (Å²) in [6.45, 7) is 0. The Morgan fingerprint density at radius 3 is 1.63 bits per heavy atom. The van der Waals surface area contributed by atoms with Gasteiger partial charge in [-0.05, 0) is 103 Å². The van der Waals surface area contributed by atoms with E-state index >= 15 is 0 Å². The van der Waals surface area contributed by atoms with Crippen molar-refractivity contribution in [3.63, 3.8) is 0 Å². The number of halogens is 1. The first-order chi connectivity index (χ1) is 25.2. The van der Waals surface area contributed by atoms with E-state index in [9.17, 15) is 0 Å². The minimum Gasteiger partial charge on any atom is -0.309 e. The molecule has 1 heterocycles. The van der Waals surface area contributed by atoms with Gasteiger partial charge >= 0.3 is 0 Å². The van der Waals surface area contributed by atoms with E-state index in [-0.39, 0.29) is 5.41 Å². The normalized spacial score (nSPS) is 13.4. The van der Waals surface area contributed by atoms with Gasteiger partial charge in [-0.25, -0.2) is 0 Å². The summed E-state index contributed by atoms with van der Waals surface area (Å²) in [5.74, 6) is 0. The van der Waals surface area contributed by atoms with E-state index in [0.717, 1.165) is 4.47 Å². The molecule has 0 atom stereocenters. The third-order valence-electron chi connectivity index (χ3n) is 11.3. The lowest BCUT2D eigenvalue weighted by atomic mass is 9.70. The van der Waals surface area contributed by atoms with Crippen LogP contribution in [0.3, 0.4) is 0 Å². The molecule has 0 aliphatic heterocycles. The third-order valence-corrected chi connectivity index (χ3v) is 12.0. The van der Waals surface area contributed by atoms with Gasteiger partial charge in [-0.2, -0.15) is 0 Å². The molecule has 0 amide bonds. The van der Waals surface area contributed by atoms with Gasteiger partial charge in [-0.15, -0.1) is 0 Å². The predicted molar refractivity (Wildman–Crippen MR) is 216 cm³/mol. The fourth-order valence-electron chi connectivity index (χ4n) is 9.22. The summed E-state index contributed by atoms with van der Waals surface area (Å²) in [5.41, 5.74) is 18.8. The van der Waals surface area contributed by atoms with E-state index in [1.807, 2.05) is 0 Å². The van der Waals surface area contributed by atoms with Gasteiger partial charge in [0.15, 0.2) is 0 Å². The van der Waals surface area contributed by atoms with Crippen LogP contribution in [0.4, 0.5) is 0 Å². The molecule has 238 valence electrons. The largest absolute Gasteiger partial charge is 0.309 e. The Morgan fingerprint density at radius 1 is 0.353 bits per heavy atom. The zero-order chi connectivity index (χ0) is 33.7. The van der Waals surface area contributed by atoms with Gasteiger partial charge in [0.2, 0.25) is 0 Å². The molecule has 2 aliphatic rings. The fraction of sp³-hybridized carbons (Fsp3) is 0.0204. The van der Waals surface area contributed by atoms with E-state index in [4.69, 9.17) is 0 Å². The SMILES string of the molecule is Brc1ccccc1-c1cccc(-c2ccc3c4ccccc4n(-c4ccc5c(c4)-c4ccccc4C54c5ccccc5-c5ccccc54)c3c2)c1. The average molecular weight is 713 g/mol. The second-order valence-corrected chi connectivity index (χ2v) is 14.6. The number of aromatic nitrogens is 1. The van der Waals surface area contributed by atoms with E-state index in [1.54, 1.807) is 0 Å². The Morgan fingerprint density at radius 2 is 0.902 bits per heavy atom. The van der Waals surface area contributed by atoms with Crippen molar-refractivity contribution in [2.24, 2.45) is 0 Å². The summed E-state index contributed by atoms with van der Waals surface area (Å²) in [5, 5.41) is 2.52. The molecule has 1 spiro atoms. The van der Waals surface area contributed by atoms with Crippen LogP contribution in [0.15, 0.2) is 186 Å². The van der Waals surface area contributed by atoms with Gasteiger partial charge in [0.25, 0.3) is 0 Å². The Balaban J connectivity index is 1.14. The first kappa shape index (κ1) is 28.8. The molecule has 2 heteroatoms. The highest BCUT2D eigenvalue weighted by Crippen LogP contribution is 2.62. The number of fused-ring (bicyclic) bond motifs is 13. The van der Waals surface area contributed by atoms with Crippen molar-refractivity contribution in [3.05, 3.63) is 209 Å². The molecule has 1 nitrogen and oxygen atoms in total. The molecule has 0 bridgehead atoms. The molecule has 0 N–H and O–H groups in total. The van der Waals surface area contributed by atoms with Gasteiger partial charge < -0.3 is 4.57 Å². The molecular formula is C49H30BrN. The second-order valence-electron chi connectivity index (χ2n) is 13.8. The summed E-state index contributed by atoms with van der Waals surface area (Å²) < 4.78 is 3.57. The van der Waals surface area contributed by atoms with Crippen LogP contribution in [-0.4, -0.2) is 4.57 Å². The number of benzene rings is 8. The van der Waals surface area contributed by atoms with Crippen molar-refractivity contribution in [2.75, 3.05) is 0 Å². The molecular weight excluding hydrogens is 682 g/mol. The smallest absolute Gasteiger partial charge is 0.0725 e. The summed E-state index contributed by atoms with van der Waals surface area (Å²) in [4.78, 5) is 0. The number of hydrogen-bond acceptors (Lipinski definition) is 0. The predicted octanol–water partition coefficient (Wildman–Crippen LogP) is 13.2. The van der Waals surface area contributed by atoms with Gasteiger partial charge in [0.05, 0.1) is 16.4 Å². The molecule has 1 aromatic heterocycles. The molecule has 0 unspecified atom stereocenters. The van der Waals surface area contributed by atoms with Crippen LogP contribution >= 0.6 is 15.9 Å². The fourth-order valence-corrected chi connectivity index (χ4v) is 9.73. The number of hydrogen-bond donors (Lipinski definition) is 0. The Bertz CT molecular complexity index is 2850. The van der Waals surface area contributed by atoms with E-state index < -0.39 is 0 Å². The lowest BCUT2D eigenvalue weighted by Crippen LogP contribution is -2.25. The zero-order valence-corrected chi connectivity index (χ0v) is 29.2. The molecule has 0 fully saturated rings. The molecule has 8 aromatic carbocycles. The van der Waals surface area contributed by atoms with Crippen molar-refractivity contribution in [3.8, 4) is 50.2 Å². The van der Waals surface area contributed by atoms with E-state index in [0.29, 0.717) is 0 Å². The van der Waals surface area contributed by atoms with E-state index in [2.05, 4.69) is 202 Å².